The molecule has 5 rings (SSSR count). The molecule has 0 spiro atoms. The number of hydrogen-bond donors (Lipinski definition) is 2. The van der Waals surface area contributed by atoms with Crippen molar-refractivity contribution >= 4 is 0 Å². The molecule has 1 fully saturated rings. The topological polar surface area (TPSA) is 65.4 Å². The van der Waals surface area contributed by atoms with E-state index < -0.39 is 0 Å². The first kappa shape index (κ1) is 26.5. The van der Waals surface area contributed by atoms with Gasteiger partial charge in [-0.25, -0.2) is 0 Å². The molecule has 3 atom stereocenters. The van der Waals surface area contributed by atoms with Crippen molar-refractivity contribution in [2.75, 3.05) is 26.6 Å². The molecule has 0 amide bonds. The van der Waals surface area contributed by atoms with Gasteiger partial charge in [0.15, 0.2) is 0 Å². The Kier molecular flexibility index (Phi) is 8.10. The van der Waals surface area contributed by atoms with Gasteiger partial charge in [-0.1, -0.05) is 31.9 Å². The molecule has 37 heavy (non-hydrogen) atoms. The van der Waals surface area contributed by atoms with E-state index in [4.69, 9.17) is 9.47 Å². The molecule has 1 aliphatic carbocycles. The Morgan fingerprint density at radius 2 is 1.38 bits per heavy atom. The monoisotopic (exact) mass is 508 g/mol. The van der Waals surface area contributed by atoms with Crippen LogP contribution in [-0.4, -0.2) is 58.8 Å². The van der Waals surface area contributed by atoms with Crippen molar-refractivity contribution < 1.29 is 19.7 Å². The Labute approximate surface area is 222 Å². The fourth-order valence-electron chi connectivity index (χ4n) is 6.45. The molecule has 2 heterocycles. The van der Waals surface area contributed by atoms with E-state index in [1.165, 1.54) is 35.1 Å². The smallest absolute Gasteiger partial charge is 0.142 e. The molecule has 1 saturated carbocycles. The summed E-state index contributed by atoms with van der Waals surface area (Å²) in [4.78, 5) is 4.57. The Morgan fingerprint density at radius 1 is 0.865 bits per heavy atom. The fourth-order valence-corrected chi connectivity index (χ4v) is 6.45. The van der Waals surface area contributed by atoms with E-state index in [1.807, 2.05) is 13.8 Å². The van der Waals surface area contributed by atoms with Gasteiger partial charge in [-0.2, -0.15) is 0 Å². The number of ether oxygens (including phenoxy) is 2. The lowest BCUT2D eigenvalue weighted by atomic mass is 9.62. The molecule has 0 saturated heterocycles. The van der Waals surface area contributed by atoms with Gasteiger partial charge in [-0.3, -0.25) is 9.80 Å². The number of aliphatic hydroxyl groups is 2. The lowest BCUT2D eigenvalue weighted by Crippen LogP contribution is -2.37. The highest BCUT2D eigenvalue weighted by Crippen LogP contribution is 2.49. The SMILES string of the molecule is CC(O)CCN1COc2ccc(C3(c4ccc5c(c4)CN(CCC(C)O)CO5)CCCC(C)C3)cc2C1. The lowest BCUT2D eigenvalue weighted by Gasteiger charge is -2.42. The third kappa shape index (κ3) is 5.98. The van der Waals surface area contributed by atoms with E-state index in [9.17, 15) is 10.2 Å². The van der Waals surface area contributed by atoms with Gasteiger partial charge in [-0.05, 0) is 80.8 Å². The Bertz CT molecular complexity index is 996. The van der Waals surface area contributed by atoms with Crippen LogP contribution in [0.25, 0.3) is 0 Å². The van der Waals surface area contributed by atoms with Crippen molar-refractivity contribution in [3.05, 3.63) is 58.7 Å². The predicted molar refractivity (Wildman–Crippen MR) is 146 cm³/mol. The first-order valence-electron chi connectivity index (χ1n) is 14.2. The molecule has 6 nitrogen and oxygen atoms in total. The average Bonchev–Trinajstić information content (AvgIpc) is 2.89. The molecule has 3 unspecified atom stereocenters. The Balaban J connectivity index is 1.45. The minimum Gasteiger partial charge on any atom is -0.478 e. The van der Waals surface area contributed by atoms with Crippen molar-refractivity contribution in [3.63, 3.8) is 0 Å². The molecule has 2 aromatic carbocycles. The van der Waals surface area contributed by atoms with Crippen LogP contribution >= 0.6 is 0 Å². The van der Waals surface area contributed by atoms with E-state index in [0.717, 1.165) is 63.4 Å². The number of aliphatic hydroxyl groups excluding tert-OH is 2. The van der Waals surface area contributed by atoms with E-state index in [2.05, 4.69) is 53.1 Å². The summed E-state index contributed by atoms with van der Waals surface area (Å²) >= 11 is 0. The molecule has 2 aliphatic heterocycles. The second-order valence-electron chi connectivity index (χ2n) is 11.9. The van der Waals surface area contributed by atoms with Crippen molar-refractivity contribution in [2.45, 2.75) is 90.0 Å². The minimum atomic E-state index is -0.296. The molecule has 2 aromatic rings. The normalized spacial score (nSPS) is 25.9. The zero-order chi connectivity index (χ0) is 26.0. The summed E-state index contributed by atoms with van der Waals surface area (Å²) < 4.78 is 12.2. The van der Waals surface area contributed by atoms with Crippen molar-refractivity contribution in [1.82, 2.24) is 9.80 Å². The largest absolute Gasteiger partial charge is 0.478 e. The van der Waals surface area contributed by atoms with Crippen molar-refractivity contribution in [3.8, 4) is 11.5 Å². The van der Waals surface area contributed by atoms with Gasteiger partial charge in [0.1, 0.15) is 25.0 Å². The third-order valence-corrected chi connectivity index (χ3v) is 8.54. The summed E-state index contributed by atoms with van der Waals surface area (Å²) in [6, 6.07) is 13.7. The van der Waals surface area contributed by atoms with E-state index in [0.29, 0.717) is 19.4 Å². The molecule has 0 bridgehead atoms. The van der Waals surface area contributed by atoms with Gasteiger partial charge in [-0.15, -0.1) is 0 Å². The van der Waals surface area contributed by atoms with Crippen LogP contribution in [-0.2, 0) is 18.5 Å². The van der Waals surface area contributed by atoms with Crippen LogP contribution in [0.15, 0.2) is 36.4 Å². The number of hydrogen-bond acceptors (Lipinski definition) is 6. The maximum absolute atomic E-state index is 9.74. The van der Waals surface area contributed by atoms with Crippen molar-refractivity contribution in [2.24, 2.45) is 5.92 Å². The quantitative estimate of drug-likeness (QED) is 0.522. The molecule has 2 N–H and O–H groups in total. The van der Waals surface area contributed by atoms with Gasteiger partial charge in [0.25, 0.3) is 0 Å². The summed E-state index contributed by atoms with van der Waals surface area (Å²) in [5.74, 6) is 2.64. The summed E-state index contributed by atoms with van der Waals surface area (Å²) in [7, 11) is 0. The summed E-state index contributed by atoms with van der Waals surface area (Å²) in [6.45, 7) is 10.6. The standard InChI is InChI=1S/C31H44N2O4/c1-22-5-4-12-31(17-22,27-6-8-29-25(15-27)18-32(20-36-29)13-10-23(2)34)28-7-9-30-26(16-28)19-33(21-37-30)14-11-24(3)35/h6-9,15-16,22-24,34-35H,4-5,10-14,17-21H2,1-3H3. The summed E-state index contributed by atoms with van der Waals surface area (Å²) in [6.07, 6.45) is 5.72. The van der Waals surface area contributed by atoms with E-state index in [-0.39, 0.29) is 17.6 Å². The summed E-state index contributed by atoms with van der Waals surface area (Å²) in [5, 5.41) is 19.5. The molecule has 202 valence electrons. The first-order chi connectivity index (χ1) is 17.8. The number of rotatable bonds is 8. The minimum absolute atomic E-state index is 0.0223. The Hall–Kier alpha value is -2.12. The molecule has 3 aliphatic rings. The predicted octanol–water partition coefficient (Wildman–Crippen LogP) is 5.03. The molecular formula is C31H44N2O4. The zero-order valence-corrected chi connectivity index (χ0v) is 22.8. The van der Waals surface area contributed by atoms with Gasteiger partial charge in [0, 0.05) is 42.7 Å². The second kappa shape index (κ2) is 11.3. The Morgan fingerprint density at radius 3 is 1.84 bits per heavy atom. The first-order valence-corrected chi connectivity index (χ1v) is 14.2. The molecule has 0 aromatic heterocycles. The highest BCUT2D eigenvalue weighted by Gasteiger charge is 2.39. The molecule has 0 radical (unpaired) electrons. The fraction of sp³-hybridized carbons (Fsp3) is 0.613. The van der Waals surface area contributed by atoms with Gasteiger partial charge in [0.05, 0.1) is 12.2 Å². The van der Waals surface area contributed by atoms with E-state index >= 15 is 0 Å². The van der Waals surface area contributed by atoms with Crippen LogP contribution in [0, 0.1) is 5.92 Å². The maximum atomic E-state index is 9.74. The van der Waals surface area contributed by atoms with Crippen LogP contribution in [0.5, 0.6) is 11.5 Å². The van der Waals surface area contributed by atoms with Gasteiger partial charge in [0.2, 0.25) is 0 Å². The van der Waals surface area contributed by atoms with Gasteiger partial charge >= 0.3 is 0 Å². The highest BCUT2D eigenvalue weighted by atomic mass is 16.5. The van der Waals surface area contributed by atoms with Crippen LogP contribution in [0.2, 0.25) is 0 Å². The maximum Gasteiger partial charge on any atom is 0.142 e. The van der Waals surface area contributed by atoms with Crippen LogP contribution in [0.4, 0.5) is 0 Å². The lowest BCUT2D eigenvalue weighted by molar-refractivity contribution is 0.0765. The van der Waals surface area contributed by atoms with Crippen LogP contribution in [0.1, 0.15) is 81.5 Å². The number of nitrogens with zero attached hydrogens (tertiary/aromatic N) is 2. The van der Waals surface area contributed by atoms with Crippen LogP contribution in [0.3, 0.4) is 0 Å². The third-order valence-electron chi connectivity index (χ3n) is 8.54. The van der Waals surface area contributed by atoms with Crippen molar-refractivity contribution in [1.29, 1.82) is 0 Å². The van der Waals surface area contributed by atoms with E-state index in [1.54, 1.807) is 0 Å². The number of fused-ring (bicyclic) bond motifs is 2. The summed E-state index contributed by atoms with van der Waals surface area (Å²) in [5.41, 5.74) is 5.25. The van der Waals surface area contributed by atoms with Gasteiger partial charge < -0.3 is 19.7 Å². The highest BCUT2D eigenvalue weighted by molar-refractivity contribution is 5.49. The zero-order valence-electron chi connectivity index (χ0n) is 22.8. The average molecular weight is 509 g/mol. The molecular weight excluding hydrogens is 464 g/mol. The number of benzene rings is 2. The molecule has 6 heteroatoms. The van der Waals surface area contributed by atoms with Crippen LogP contribution < -0.4 is 9.47 Å². The second-order valence-corrected chi connectivity index (χ2v) is 11.9.